The molecule has 1 aromatic heterocycles. The molecule has 112 valence electrons. The second kappa shape index (κ2) is 7.01. The number of hydrogen-bond acceptors (Lipinski definition) is 5. The Labute approximate surface area is 123 Å². The third kappa shape index (κ3) is 3.90. The minimum absolute atomic E-state index is 0.158. The molecule has 2 aromatic rings. The lowest BCUT2D eigenvalue weighted by atomic mass is 10.1. The lowest BCUT2D eigenvalue weighted by Gasteiger charge is -2.20. The normalized spacial score (nSPS) is 12.1. The number of carbonyl (C=O) groups excluding carboxylic acids is 1. The minimum Gasteiger partial charge on any atom is -0.444 e. The largest absolute Gasteiger partial charge is 0.444 e. The molecule has 6 nitrogen and oxygen atoms in total. The second-order valence-corrected chi connectivity index (χ2v) is 4.74. The number of aliphatic hydroxyl groups is 1. The number of amides is 1. The zero-order chi connectivity index (χ0) is 15.2. The average molecular weight is 290 g/mol. The van der Waals surface area contributed by atoms with E-state index in [1.54, 1.807) is 37.5 Å². The number of hydrogen-bond donors (Lipinski definition) is 1. The summed E-state index contributed by atoms with van der Waals surface area (Å²) in [5, 5.41) is 9.65. The zero-order valence-corrected chi connectivity index (χ0v) is 12.0. The molecule has 0 radical (unpaired) electrons. The number of benzene rings is 1. The number of ether oxygens (including phenoxy) is 1. The van der Waals surface area contributed by atoms with Crippen LogP contribution < -0.4 is 0 Å². The predicted molar refractivity (Wildman–Crippen MR) is 76.8 cm³/mol. The Morgan fingerprint density at radius 2 is 2.14 bits per heavy atom. The van der Waals surface area contributed by atoms with Crippen molar-refractivity contribution >= 4 is 5.91 Å². The summed E-state index contributed by atoms with van der Waals surface area (Å²) in [5.74, 6) is 0.493. The Balaban J connectivity index is 2.02. The van der Waals surface area contributed by atoms with Crippen molar-refractivity contribution in [2.45, 2.75) is 6.10 Å². The van der Waals surface area contributed by atoms with Gasteiger partial charge in [-0.15, -0.1) is 0 Å². The third-order valence-electron chi connectivity index (χ3n) is 3.04. The zero-order valence-electron chi connectivity index (χ0n) is 12.0. The number of aromatic nitrogens is 1. The van der Waals surface area contributed by atoms with Crippen LogP contribution >= 0.6 is 0 Å². The van der Waals surface area contributed by atoms with Crippen molar-refractivity contribution < 1.29 is 19.1 Å². The van der Waals surface area contributed by atoms with E-state index in [1.165, 1.54) is 18.4 Å². The number of aliphatic hydroxyl groups excluding tert-OH is 1. The van der Waals surface area contributed by atoms with Crippen LogP contribution in [0.15, 0.2) is 41.3 Å². The first-order chi connectivity index (χ1) is 10.1. The molecular formula is C15H18N2O4. The first-order valence-corrected chi connectivity index (χ1v) is 6.53. The number of oxazole rings is 1. The fraction of sp³-hybridized carbons (Fsp3) is 0.333. The highest BCUT2D eigenvalue weighted by Crippen LogP contribution is 2.19. The van der Waals surface area contributed by atoms with Crippen molar-refractivity contribution in [3.8, 4) is 11.3 Å². The molecule has 1 aromatic carbocycles. The maximum Gasteiger partial charge on any atom is 0.253 e. The molecule has 0 aliphatic rings. The van der Waals surface area contributed by atoms with Gasteiger partial charge < -0.3 is 19.2 Å². The van der Waals surface area contributed by atoms with Gasteiger partial charge in [-0.2, -0.15) is 0 Å². The molecule has 21 heavy (non-hydrogen) atoms. The summed E-state index contributed by atoms with van der Waals surface area (Å²) in [7, 11) is 3.15. The Kier molecular flexibility index (Phi) is 5.08. The summed E-state index contributed by atoms with van der Waals surface area (Å²) in [5.41, 5.74) is 1.40. The van der Waals surface area contributed by atoms with E-state index in [0.29, 0.717) is 11.3 Å². The minimum atomic E-state index is -0.697. The van der Waals surface area contributed by atoms with Gasteiger partial charge in [-0.1, -0.05) is 12.1 Å². The van der Waals surface area contributed by atoms with Gasteiger partial charge in [-0.05, 0) is 12.1 Å². The summed E-state index contributed by atoms with van der Waals surface area (Å²) in [4.78, 5) is 17.5. The van der Waals surface area contributed by atoms with E-state index < -0.39 is 6.10 Å². The SMILES string of the molecule is COCC(O)CN(C)C(=O)c1ccc(-c2cnco2)cc1. The molecular weight excluding hydrogens is 272 g/mol. The van der Waals surface area contributed by atoms with Crippen LogP contribution in [-0.4, -0.2) is 54.3 Å². The third-order valence-corrected chi connectivity index (χ3v) is 3.04. The lowest BCUT2D eigenvalue weighted by molar-refractivity contribution is 0.0380. The van der Waals surface area contributed by atoms with E-state index >= 15 is 0 Å². The molecule has 1 N–H and O–H groups in total. The van der Waals surface area contributed by atoms with Gasteiger partial charge in [0, 0.05) is 31.8 Å². The number of rotatable bonds is 6. The van der Waals surface area contributed by atoms with E-state index in [2.05, 4.69) is 4.98 Å². The van der Waals surface area contributed by atoms with Gasteiger partial charge >= 0.3 is 0 Å². The molecule has 0 aliphatic carbocycles. The van der Waals surface area contributed by atoms with Crippen molar-refractivity contribution in [3.05, 3.63) is 42.4 Å². The second-order valence-electron chi connectivity index (χ2n) is 4.74. The number of likely N-dealkylation sites (N-methyl/N-ethyl adjacent to an activating group) is 1. The Morgan fingerprint density at radius 1 is 1.43 bits per heavy atom. The number of methoxy groups -OCH3 is 1. The van der Waals surface area contributed by atoms with Gasteiger partial charge in [0.15, 0.2) is 12.2 Å². The van der Waals surface area contributed by atoms with Gasteiger partial charge in [0.1, 0.15) is 0 Å². The van der Waals surface area contributed by atoms with Crippen LogP contribution in [0.3, 0.4) is 0 Å². The Morgan fingerprint density at radius 3 is 2.71 bits per heavy atom. The maximum atomic E-state index is 12.2. The van der Waals surface area contributed by atoms with E-state index in [9.17, 15) is 9.90 Å². The van der Waals surface area contributed by atoms with Gasteiger partial charge in [-0.25, -0.2) is 4.98 Å². The van der Waals surface area contributed by atoms with Gasteiger partial charge in [0.25, 0.3) is 5.91 Å². The highest BCUT2D eigenvalue weighted by Gasteiger charge is 2.15. The van der Waals surface area contributed by atoms with Gasteiger partial charge in [0.05, 0.1) is 18.9 Å². The van der Waals surface area contributed by atoms with E-state index in [1.807, 2.05) is 0 Å². The van der Waals surface area contributed by atoms with Crippen LogP contribution in [-0.2, 0) is 4.74 Å². The molecule has 0 aliphatic heterocycles. The first kappa shape index (κ1) is 15.2. The molecule has 0 spiro atoms. The molecule has 0 saturated heterocycles. The van der Waals surface area contributed by atoms with Crippen LogP contribution in [0.5, 0.6) is 0 Å². The van der Waals surface area contributed by atoms with E-state index in [4.69, 9.17) is 9.15 Å². The standard InChI is InChI=1S/C15H18N2O4/c1-17(8-13(18)9-20-2)15(19)12-5-3-11(4-6-12)14-7-16-10-21-14/h3-7,10,13,18H,8-9H2,1-2H3. The number of carbonyl (C=O) groups is 1. The predicted octanol–water partition coefficient (Wildman–Crippen LogP) is 1.42. The van der Waals surface area contributed by atoms with Gasteiger partial charge in [0.2, 0.25) is 0 Å². The molecule has 1 unspecified atom stereocenters. The van der Waals surface area contributed by atoms with Crippen molar-refractivity contribution in [1.29, 1.82) is 0 Å². The first-order valence-electron chi connectivity index (χ1n) is 6.53. The molecule has 0 fully saturated rings. The van der Waals surface area contributed by atoms with E-state index in [-0.39, 0.29) is 19.1 Å². The van der Waals surface area contributed by atoms with Crippen molar-refractivity contribution in [3.63, 3.8) is 0 Å². The fourth-order valence-corrected chi connectivity index (χ4v) is 2.00. The highest BCUT2D eigenvalue weighted by atomic mass is 16.5. The summed E-state index contributed by atoms with van der Waals surface area (Å²) in [6.45, 7) is 0.415. The summed E-state index contributed by atoms with van der Waals surface area (Å²) in [6.07, 6.45) is 2.28. The van der Waals surface area contributed by atoms with Gasteiger partial charge in [-0.3, -0.25) is 4.79 Å². The van der Waals surface area contributed by atoms with Crippen LogP contribution in [0, 0.1) is 0 Å². The highest BCUT2D eigenvalue weighted by molar-refractivity contribution is 5.94. The summed E-state index contributed by atoms with van der Waals surface area (Å²) < 4.78 is 10.0. The average Bonchev–Trinajstić information content (AvgIpc) is 3.01. The molecule has 0 bridgehead atoms. The van der Waals surface area contributed by atoms with E-state index in [0.717, 1.165) is 5.56 Å². The molecule has 1 amide bonds. The fourth-order valence-electron chi connectivity index (χ4n) is 2.00. The van der Waals surface area contributed by atoms with Crippen LogP contribution in [0.4, 0.5) is 0 Å². The van der Waals surface area contributed by atoms with Crippen molar-refractivity contribution in [1.82, 2.24) is 9.88 Å². The Hall–Kier alpha value is -2.18. The smallest absolute Gasteiger partial charge is 0.253 e. The molecule has 2 rings (SSSR count). The van der Waals surface area contributed by atoms with Crippen molar-refractivity contribution in [2.24, 2.45) is 0 Å². The molecule has 0 saturated carbocycles. The molecule has 1 atom stereocenters. The van der Waals surface area contributed by atoms with Crippen LogP contribution in [0.1, 0.15) is 10.4 Å². The number of nitrogens with zero attached hydrogens (tertiary/aromatic N) is 2. The topological polar surface area (TPSA) is 75.8 Å². The van der Waals surface area contributed by atoms with Crippen molar-refractivity contribution in [2.75, 3.05) is 27.3 Å². The Bertz CT molecular complexity index is 566. The maximum absolute atomic E-state index is 12.2. The van der Waals surface area contributed by atoms with Crippen LogP contribution in [0.25, 0.3) is 11.3 Å². The molecule has 1 heterocycles. The lowest BCUT2D eigenvalue weighted by Crippen LogP contribution is -2.36. The molecule has 6 heteroatoms. The van der Waals surface area contributed by atoms with Crippen LogP contribution in [0.2, 0.25) is 0 Å². The summed E-state index contributed by atoms with van der Waals surface area (Å²) in [6, 6.07) is 7.04. The monoisotopic (exact) mass is 290 g/mol. The quantitative estimate of drug-likeness (QED) is 0.870. The summed E-state index contributed by atoms with van der Waals surface area (Å²) >= 11 is 0.